The standard InChI is InChI=1S/C13H30N.BrH/c1-5-6-7-8-9-10-11-12-13-14(2,3)4;/h5-13H2,1-4H3;1H/q+1;/p-1/i1D3,5D2,6D2,7D2,8D2,9D2,10D2,11D2,12D2,13D2;. The molecule has 0 saturated heterocycles. The molecule has 94 valence electrons. The summed E-state index contributed by atoms with van der Waals surface area (Å²) in [4.78, 5) is 0. The van der Waals surface area contributed by atoms with E-state index in [0.717, 1.165) is 21.1 Å². The van der Waals surface area contributed by atoms with Crippen LogP contribution in [0.1, 0.15) is 86.6 Å². The molecule has 0 aliphatic heterocycles. The highest BCUT2D eigenvalue weighted by molar-refractivity contribution is 4.45. The summed E-state index contributed by atoms with van der Waals surface area (Å²) in [5, 5.41) is 0. The monoisotopic (exact) mass is 300 g/mol. The van der Waals surface area contributed by atoms with Gasteiger partial charge < -0.3 is 21.5 Å². The first-order valence-electron chi connectivity index (χ1n) is 14.3. The number of halogens is 1. The van der Waals surface area contributed by atoms with E-state index >= 15 is 0 Å². The molecule has 0 saturated carbocycles. The highest BCUT2D eigenvalue weighted by Gasteiger charge is 2.04. The number of nitrogens with zero attached hydrogens (tertiary/aromatic N) is 1. The molecule has 0 aliphatic carbocycles. The molecule has 0 aromatic rings. The Kier molecular flexibility index (Phi) is 1.98. The molecule has 0 N–H and O–H groups in total. The smallest absolute Gasteiger partial charge is 0.0924 e. The Bertz CT molecular complexity index is 725. The predicted octanol–water partition coefficient (Wildman–Crippen LogP) is 0.837. The lowest BCUT2D eigenvalue weighted by Gasteiger charge is -2.23. The molecular formula is C13H30BrN. The molecule has 0 fully saturated rings. The summed E-state index contributed by atoms with van der Waals surface area (Å²) in [5.74, 6) is 0. The van der Waals surface area contributed by atoms with Gasteiger partial charge in [0.05, 0.1) is 30.4 Å². The van der Waals surface area contributed by atoms with Crippen molar-refractivity contribution in [2.24, 2.45) is 0 Å². The van der Waals surface area contributed by atoms with E-state index < -0.39 is 68.8 Å². The zero-order valence-electron chi connectivity index (χ0n) is 29.8. The third kappa shape index (κ3) is 17.1. The van der Waals surface area contributed by atoms with Gasteiger partial charge in [0, 0.05) is 26.0 Å². The maximum absolute atomic E-state index is 8.07. The average molecular weight is 301 g/mol. The fourth-order valence-corrected chi connectivity index (χ4v) is 0.383. The Morgan fingerprint density at radius 1 is 0.867 bits per heavy atom. The van der Waals surface area contributed by atoms with Gasteiger partial charge in [-0.25, -0.2) is 0 Å². The summed E-state index contributed by atoms with van der Waals surface area (Å²) in [6, 6.07) is 0. The molecule has 0 bridgehead atoms. The van der Waals surface area contributed by atoms with Crippen LogP contribution in [0.25, 0.3) is 0 Å². The Hall–Kier alpha value is 0.440. The van der Waals surface area contributed by atoms with Crippen molar-refractivity contribution >= 4 is 0 Å². The zero-order chi connectivity index (χ0) is 29.5. The van der Waals surface area contributed by atoms with Gasteiger partial charge in [0.15, 0.2) is 0 Å². The van der Waals surface area contributed by atoms with Gasteiger partial charge in [-0.2, -0.15) is 0 Å². The second-order valence-electron chi connectivity index (χ2n) is 3.12. The predicted molar refractivity (Wildman–Crippen MR) is 65.5 cm³/mol. The van der Waals surface area contributed by atoms with E-state index in [9.17, 15) is 0 Å². The lowest BCUT2D eigenvalue weighted by molar-refractivity contribution is -0.870. The lowest BCUT2D eigenvalue weighted by atomic mass is 10.1. The molecule has 0 aromatic heterocycles. The van der Waals surface area contributed by atoms with Gasteiger partial charge in [0.2, 0.25) is 0 Å². The van der Waals surface area contributed by atoms with Crippen LogP contribution >= 0.6 is 0 Å². The molecular weight excluding hydrogens is 250 g/mol. The van der Waals surface area contributed by atoms with E-state index in [0.29, 0.717) is 0 Å². The Morgan fingerprint density at radius 2 is 1.33 bits per heavy atom. The van der Waals surface area contributed by atoms with Gasteiger partial charge in [0.1, 0.15) is 0 Å². The van der Waals surface area contributed by atoms with E-state index in [4.69, 9.17) is 28.8 Å². The molecule has 0 unspecified atom stereocenters. The highest BCUT2D eigenvalue weighted by atomic mass is 79.9. The molecule has 2 heteroatoms. The molecule has 0 amide bonds. The fraction of sp³-hybridized carbons (Fsp3) is 1.00. The minimum absolute atomic E-state index is 0. The maximum atomic E-state index is 8.07. The number of quaternary nitrogens is 1. The van der Waals surface area contributed by atoms with E-state index in [1.807, 2.05) is 0 Å². The molecule has 0 heterocycles. The first kappa shape index (κ1) is 2.71. The molecule has 0 aromatic carbocycles. The van der Waals surface area contributed by atoms with Crippen LogP contribution in [0.5, 0.6) is 0 Å². The topological polar surface area (TPSA) is 0 Å². The van der Waals surface area contributed by atoms with Crippen molar-refractivity contribution in [2.75, 3.05) is 27.6 Å². The van der Waals surface area contributed by atoms with Crippen molar-refractivity contribution in [3.63, 3.8) is 0 Å². The van der Waals surface area contributed by atoms with E-state index in [1.165, 1.54) is 0 Å². The van der Waals surface area contributed by atoms with Crippen molar-refractivity contribution in [1.82, 2.24) is 0 Å². The summed E-state index contributed by atoms with van der Waals surface area (Å²) < 4.78 is 164. The fourth-order valence-electron chi connectivity index (χ4n) is 0.383. The molecule has 0 spiro atoms. The van der Waals surface area contributed by atoms with Crippen LogP contribution in [0.3, 0.4) is 0 Å². The van der Waals surface area contributed by atoms with Gasteiger partial charge in [0.25, 0.3) is 0 Å². The Balaban J connectivity index is 0. The van der Waals surface area contributed by atoms with Gasteiger partial charge in [-0.1, -0.05) is 45.1 Å². The van der Waals surface area contributed by atoms with Crippen LogP contribution in [0, 0.1) is 0 Å². The number of hydrogen-bond acceptors (Lipinski definition) is 0. The van der Waals surface area contributed by atoms with Crippen LogP contribution in [0.2, 0.25) is 0 Å². The first-order valence-corrected chi connectivity index (χ1v) is 3.82. The minimum atomic E-state index is -4.54. The van der Waals surface area contributed by atoms with Gasteiger partial charge in [-0.3, -0.25) is 0 Å². The summed E-state index contributed by atoms with van der Waals surface area (Å²) in [5.41, 5.74) is 0. The Morgan fingerprint density at radius 3 is 1.80 bits per heavy atom. The van der Waals surface area contributed by atoms with Crippen molar-refractivity contribution in [2.45, 2.75) is 57.8 Å². The third-order valence-corrected chi connectivity index (χ3v) is 0.829. The number of hydrogen-bond donors (Lipinski definition) is 0. The largest absolute Gasteiger partial charge is 1.00 e. The van der Waals surface area contributed by atoms with Crippen LogP contribution in [0.4, 0.5) is 0 Å². The maximum Gasteiger partial charge on any atom is 0.0924 e. The molecule has 1 nitrogen and oxygen atoms in total. The van der Waals surface area contributed by atoms with E-state index in [2.05, 4.69) is 0 Å². The van der Waals surface area contributed by atoms with Crippen molar-refractivity contribution < 1.29 is 50.3 Å². The van der Waals surface area contributed by atoms with Crippen LogP contribution in [-0.2, 0) is 0 Å². The van der Waals surface area contributed by atoms with Crippen LogP contribution < -0.4 is 17.0 Å². The lowest BCUT2D eigenvalue weighted by Crippen LogP contribution is -3.00. The molecule has 0 atom stereocenters. The summed E-state index contributed by atoms with van der Waals surface area (Å²) in [6.45, 7) is -7.17. The van der Waals surface area contributed by atoms with Crippen molar-refractivity contribution in [1.29, 1.82) is 0 Å². The van der Waals surface area contributed by atoms with Crippen LogP contribution in [-0.4, -0.2) is 32.1 Å². The summed E-state index contributed by atoms with van der Waals surface area (Å²) in [6.07, 6.45) is -34.7. The van der Waals surface area contributed by atoms with E-state index in [-0.39, 0.29) is 17.0 Å². The number of rotatable bonds is 9. The third-order valence-electron chi connectivity index (χ3n) is 0.829. The zero-order valence-corrected chi connectivity index (χ0v) is 10.4. The minimum Gasteiger partial charge on any atom is -1.00 e. The normalized spacial score (nSPS) is 41.4. The van der Waals surface area contributed by atoms with Crippen molar-refractivity contribution in [3.8, 4) is 0 Å². The van der Waals surface area contributed by atoms with Gasteiger partial charge in [-0.05, 0) is 12.7 Å². The summed E-state index contributed by atoms with van der Waals surface area (Å²) >= 11 is 0. The molecule has 15 heavy (non-hydrogen) atoms. The Labute approximate surface area is 137 Å². The highest BCUT2D eigenvalue weighted by Crippen LogP contribution is 2.09. The van der Waals surface area contributed by atoms with Gasteiger partial charge in [-0.15, -0.1) is 0 Å². The SMILES string of the molecule is [2H]C([2H])([2H])C([2H])([2H])C([2H])([2H])C([2H])([2H])C([2H])([2H])C([2H])([2H])C([2H])([2H])C([2H])([2H])C([2H])([2H])C([2H])([2H])[N+](C)(C)C.[Br-]. The van der Waals surface area contributed by atoms with Crippen LogP contribution in [0.15, 0.2) is 0 Å². The quantitative estimate of drug-likeness (QED) is 0.554. The second kappa shape index (κ2) is 10.9. The first-order chi connectivity index (χ1) is 14.5. The second-order valence-corrected chi connectivity index (χ2v) is 3.12. The van der Waals surface area contributed by atoms with E-state index in [1.54, 1.807) is 0 Å². The molecule has 0 aliphatic rings. The van der Waals surface area contributed by atoms with Crippen molar-refractivity contribution in [3.05, 3.63) is 0 Å². The van der Waals surface area contributed by atoms with Gasteiger partial charge >= 0.3 is 0 Å². The average Bonchev–Trinajstić information content (AvgIpc) is 2.58. The molecule has 0 radical (unpaired) electrons. The molecule has 0 rings (SSSR count). The summed E-state index contributed by atoms with van der Waals surface area (Å²) in [7, 11) is 3.25.